The van der Waals surface area contributed by atoms with Crippen molar-refractivity contribution in [2.75, 3.05) is 18.8 Å². The van der Waals surface area contributed by atoms with Crippen molar-refractivity contribution < 1.29 is 8.42 Å². The highest BCUT2D eigenvalue weighted by atomic mass is 32.2. The molecule has 1 N–H and O–H groups in total. The first-order chi connectivity index (χ1) is 6.12. The summed E-state index contributed by atoms with van der Waals surface area (Å²) < 4.78 is 24.2. The Morgan fingerprint density at radius 1 is 1.46 bits per heavy atom. The van der Waals surface area contributed by atoms with Gasteiger partial charge in [-0.3, -0.25) is 0 Å². The molecule has 0 heterocycles. The second-order valence-corrected chi connectivity index (χ2v) is 4.55. The third-order valence-electron chi connectivity index (χ3n) is 1.45. The topological polar surface area (TPSA) is 94.9 Å². The molecular weight excluding hydrogens is 192 g/mol. The number of rotatable bonds is 7. The summed E-state index contributed by atoms with van der Waals surface area (Å²) in [7, 11) is -3.07. The van der Waals surface area contributed by atoms with Gasteiger partial charge >= 0.3 is 0 Å². The lowest BCUT2D eigenvalue weighted by atomic mass is 10.3. The summed E-state index contributed by atoms with van der Waals surface area (Å²) in [5.41, 5.74) is 7.94. The first-order valence-corrected chi connectivity index (χ1v) is 5.76. The highest BCUT2D eigenvalue weighted by Crippen LogP contribution is 1.90. The molecule has 0 aliphatic heterocycles. The van der Waals surface area contributed by atoms with E-state index in [1.54, 1.807) is 6.92 Å². The molecule has 0 aliphatic rings. The van der Waals surface area contributed by atoms with Crippen molar-refractivity contribution in [1.82, 2.24) is 4.72 Å². The number of nitrogens with one attached hydrogen (secondary N) is 1. The van der Waals surface area contributed by atoms with E-state index in [9.17, 15) is 8.42 Å². The number of hydrogen-bond donors (Lipinski definition) is 1. The molecule has 0 atom stereocenters. The van der Waals surface area contributed by atoms with Crippen LogP contribution < -0.4 is 4.72 Å². The Bertz CT molecular complexity index is 268. The molecule has 0 bridgehead atoms. The molecule has 0 amide bonds. The Morgan fingerprint density at radius 2 is 2.15 bits per heavy atom. The predicted octanol–water partition coefficient (Wildman–Crippen LogP) is 1.02. The zero-order chi connectivity index (χ0) is 10.2. The van der Waals surface area contributed by atoms with E-state index >= 15 is 0 Å². The van der Waals surface area contributed by atoms with Crippen LogP contribution in [0.15, 0.2) is 5.11 Å². The van der Waals surface area contributed by atoms with Crippen LogP contribution in [0.3, 0.4) is 0 Å². The summed E-state index contributed by atoms with van der Waals surface area (Å²) >= 11 is 0. The SMILES string of the molecule is CCS(=O)(=O)NCCCCN=[N+]=[N-]. The first-order valence-electron chi connectivity index (χ1n) is 4.10. The molecule has 0 radical (unpaired) electrons. The first kappa shape index (κ1) is 12.2. The molecule has 7 heteroatoms. The molecular formula is C6H14N4O2S. The Kier molecular flexibility index (Phi) is 6.30. The van der Waals surface area contributed by atoms with E-state index in [4.69, 9.17) is 5.53 Å². The standard InChI is InChI=1S/C6H14N4O2S/c1-2-13(11,12)9-6-4-3-5-8-10-7/h9H,2-6H2,1H3. The lowest BCUT2D eigenvalue weighted by molar-refractivity contribution is 0.578. The van der Waals surface area contributed by atoms with E-state index in [0.717, 1.165) is 0 Å². The summed E-state index contributed by atoms with van der Waals surface area (Å²) in [4.78, 5) is 2.58. The van der Waals surface area contributed by atoms with Crippen LogP contribution in [-0.2, 0) is 10.0 Å². The lowest BCUT2D eigenvalue weighted by Gasteiger charge is -2.02. The van der Waals surface area contributed by atoms with Crippen LogP contribution in [0.5, 0.6) is 0 Å². The monoisotopic (exact) mass is 206 g/mol. The Hall–Kier alpha value is -0.780. The van der Waals surface area contributed by atoms with Crippen LogP contribution in [0.4, 0.5) is 0 Å². The molecule has 13 heavy (non-hydrogen) atoms. The zero-order valence-corrected chi connectivity index (χ0v) is 8.42. The van der Waals surface area contributed by atoms with Crippen LogP contribution in [0.25, 0.3) is 10.4 Å². The molecule has 0 aromatic heterocycles. The summed E-state index contributed by atoms with van der Waals surface area (Å²) in [6, 6.07) is 0. The van der Waals surface area contributed by atoms with Crippen molar-refractivity contribution in [2.24, 2.45) is 5.11 Å². The average molecular weight is 206 g/mol. The minimum absolute atomic E-state index is 0.101. The maximum Gasteiger partial charge on any atom is 0.211 e. The fourth-order valence-corrected chi connectivity index (χ4v) is 1.34. The minimum atomic E-state index is -3.07. The van der Waals surface area contributed by atoms with Gasteiger partial charge in [0, 0.05) is 18.0 Å². The quantitative estimate of drug-likeness (QED) is 0.291. The van der Waals surface area contributed by atoms with E-state index < -0.39 is 10.0 Å². The maximum atomic E-state index is 10.9. The molecule has 0 fully saturated rings. The van der Waals surface area contributed by atoms with Gasteiger partial charge in [0.05, 0.1) is 5.75 Å². The van der Waals surface area contributed by atoms with Gasteiger partial charge in [0.15, 0.2) is 0 Å². The van der Waals surface area contributed by atoms with E-state index in [1.807, 2.05) is 0 Å². The molecule has 0 spiro atoms. The number of hydrogen-bond acceptors (Lipinski definition) is 3. The van der Waals surface area contributed by atoms with Gasteiger partial charge in [-0.2, -0.15) is 0 Å². The maximum absolute atomic E-state index is 10.9. The third-order valence-corrected chi connectivity index (χ3v) is 2.85. The summed E-state index contributed by atoms with van der Waals surface area (Å²) in [6.07, 6.45) is 1.40. The zero-order valence-electron chi connectivity index (χ0n) is 7.60. The summed E-state index contributed by atoms with van der Waals surface area (Å²) in [5.74, 6) is 0.101. The van der Waals surface area contributed by atoms with Crippen LogP contribution in [-0.4, -0.2) is 27.3 Å². The molecule has 0 aliphatic carbocycles. The van der Waals surface area contributed by atoms with Gasteiger partial charge in [0.25, 0.3) is 0 Å². The predicted molar refractivity (Wildman–Crippen MR) is 50.7 cm³/mol. The van der Waals surface area contributed by atoms with Crippen LogP contribution >= 0.6 is 0 Å². The number of nitrogens with zero attached hydrogens (tertiary/aromatic N) is 3. The lowest BCUT2D eigenvalue weighted by Crippen LogP contribution is -2.26. The minimum Gasteiger partial charge on any atom is -0.215 e. The summed E-state index contributed by atoms with van der Waals surface area (Å²) in [5, 5.41) is 3.33. The number of sulfonamides is 1. The van der Waals surface area contributed by atoms with Gasteiger partial charge < -0.3 is 0 Å². The Morgan fingerprint density at radius 3 is 2.69 bits per heavy atom. The molecule has 0 aromatic carbocycles. The van der Waals surface area contributed by atoms with E-state index in [0.29, 0.717) is 25.9 Å². The van der Waals surface area contributed by atoms with Gasteiger partial charge in [-0.25, -0.2) is 13.1 Å². The second kappa shape index (κ2) is 6.71. The largest absolute Gasteiger partial charge is 0.215 e. The van der Waals surface area contributed by atoms with Gasteiger partial charge in [0.2, 0.25) is 10.0 Å². The second-order valence-electron chi connectivity index (χ2n) is 2.46. The van der Waals surface area contributed by atoms with Crippen LogP contribution in [0.2, 0.25) is 0 Å². The van der Waals surface area contributed by atoms with Crippen molar-refractivity contribution >= 4 is 10.0 Å². The number of azide groups is 1. The highest BCUT2D eigenvalue weighted by Gasteiger charge is 2.03. The van der Waals surface area contributed by atoms with Crippen molar-refractivity contribution in [3.8, 4) is 0 Å². The van der Waals surface area contributed by atoms with Crippen molar-refractivity contribution in [3.63, 3.8) is 0 Å². The van der Waals surface area contributed by atoms with Crippen LogP contribution in [0, 0.1) is 0 Å². The fraction of sp³-hybridized carbons (Fsp3) is 1.00. The third kappa shape index (κ3) is 7.58. The smallest absolute Gasteiger partial charge is 0.211 e. The molecule has 0 rings (SSSR count). The van der Waals surface area contributed by atoms with Crippen molar-refractivity contribution in [3.05, 3.63) is 10.4 Å². The Labute approximate surface area is 78.0 Å². The normalized spacial score (nSPS) is 10.8. The van der Waals surface area contributed by atoms with E-state index in [2.05, 4.69) is 14.7 Å². The molecule has 6 nitrogen and oxygen atoms in total. The highest BCUT2D eigenvalue weighted by molar-refractivity contribution is 7.89. The van der Waals surface area contributed by atoms with Gasteiger partial charge in [-0.05, 0) is 25.3 Å². The molecule has 0 saturated carbocycles. The molecule has 0 unspecified atom stereocenters. The average Bonchev–Trinajstić information content (AvgIpc) is 2.11. The van der Waals surface area contributed by atoms with Gasteiger partial charge in [0.1, 0.15) is 0 Å². The molecule has 0 saturated heterocycles. The van der Waals surface area contributed by atoms with E-state index in [1.165, 1.54) is 0 Å². The molecule has 0 aromatic rings. The van der Waals surface area contributed by atoms with Gasteiger partial charge in [-0.15, -0.1) is 0 Å². The number of unbranched alkanes of at least 4 members (excludes halogenated alkanes) is 1. The van der Waals surface area contributed by atoms with Crippen molar-refractivity contribution in [1.29, 1.82) is 0 Å². The van der Waals surface area contributed by atoms with Crippen molar-refractivity contribution in [2.45, 2.75) is 19.8 Å². The summed E-state index contributed by atoms with van der Waals surface area (Å²) in [6.45, 7) is 2.42. The molecule has 76 valence electrons. The van der Waals surface area contributed by atoms with E-state index in [-0.39, 0.29) is 5.75 Å². The van der Waals surface area contributed by atoms with Gasteiger partial charge in [-0.1, -0.05) is 5.11 Å². The Balaban J connectivity index is 3.41. The fourth-order valence-electron chi connectivity index (χ4n) is 0.682. The van der Waals surface area contributed by atoms with Crippen LogP contribution in [0.1, 0.15) is 19.8 Å².